The largest absolute Gasteiger partial charge is 0.449 e. The van der Waals surface area contributed by atoms with Crippen molar-refractivity contribution in [1.29, 1.82) is 0 Å². The van der Waals surface area contributed by atoms with E-state index < -0.39 is 5.60 Å². The number of carbonyl (C=O) groups is 4. The average Bonchev–Trinajstić information content (AvgIpc) is 3.07. The Hall–Kier alpha value is -2.70. The van der Waals surface area contributed by atoms with Crippen molar-refractivity contribution in [2.24, 2.45) is 0 Å². The Morgan fingerprint density at radius 1 is 1.12 bits per heavy atom. The molecule has 1 spiro atoms. The van der Waals surface area contributed by atoms with Gasteiger partial charge in [0.15, 0.2) is 5.60 Å². The maximum atomic E-state index is 12.6. The van der Waals surface area contributed by atoms with E-state index in [9.17, 15) is 19.2 Å². The van der Waals surface area contributed by atoms with E-state index in [1.54, 1.807) is 17.0 Å². The predicted molar refractivity (Wildman–Crippen MR) is 85.3 cm³/mol. The summed E-state index contributed by atoms with van der Waals surface area (Å²) in [4.78, 5) is 50.8. The van der Waals surface area contributed by atoms with E-state index in [0.717, 1.165) is 10.5 Å². The molecule has 0 radical (unpaired) electrons. The van der Waals surface area contributed by atoms with E-state index in [0.29, 0.717) is 24.9 Å². The lowest BCUT2D eigenvalue weighted by atomic mass is 9.85. The molecule has 3 heterocycles. The summed E-state index contributed by atoms with van der Waals surface area (Å²) in [6.07, 6.45) is 1.68. The average molecular weight is 342 g/mol. The summed E-state index contributed by atoms with van der Waals surface area (Å²) >= 11 is 0. The van der Waals surface area contributed by atoms with Crippen molar-refractivity contribution in [1.82, 2.24) is 9.80 Å². The molecule has 25 heavy (non-hydrogen) atoms. The first-order valence-electron chi connectivity index (χ1n) is 8.44. The summed E-state index contributed by atoms with van der Waals surface area (Å²) in [5.74, 6) is -1.26. The van der Waals surface area contributed by atoms with E-state index in [2.05, 4.69) is 0 Å². The Kier molecular flexibility index (Phi) is 3.59. The molecule has 0 bridgehead atoms. The number of benzene rings is 1. The second-order valence-corrected chi connectivity index (χ2v) is 6.72. The highest BCUT2D eigenvalue weighted by Crippen LogP contribution is 2.42. The van der Waals surface area contributed by atoms with Crippen LogP contribution in [-0.4, -0.2) is 53.1 Å². The van der Waals surface area contributed by atoms with Gasteiger partial charge >= 0.3 is 5.97 Å². The van der Waals surface area contributed by atoms with Crippen LogP contribution in [0.3, 0.4) is 0 Å². The summed E-state index contributed by atoms with van der Waals surface area (Å²) in [5.41, 5.74) is 0.535. The van der Waals surface area contributed by atoms with E-state index in [1.165, 1.54) is 0 Å². The summed E-state index contributed by atoms with van der Waals surface area (Å²) in [6, 6.07) is 7.23. The highest BCUT2D eigenvalue weighted by molar-refractivity contribution is 6.04. The van der Waals surface area contributed by atoms with E-state index in [-0.39, 0.29) is 49.6 Å². The van der Waals surface area contributed by atoms with Crippen LogP contribution < -0.4 is 0 Å². The van der Waals surface area contributed by atoms with Crippen LogP contribution in [0.5, 0.6) is 0 Å². The van der Waals surface area contributed by atoms with Crippen molar-refractivity contribution >= 4 is 23.7 Å². The van der Waals surface area contributed by atoms with Gasteiger partial charge in [0.05, 0.1) is 12.1 Å². The normalized spacial score (nSPS) is 25.5. The molecule has 3 aliphatic heterocycles. The fraction of sp³-hybridized carbons (Fsp3) is 0.444. The second-order valence-electron chi connectivity index (χ2n) is 6.72. The molecule has 3 aliphatic rings. The van der Waals surface area contributed by atoms with Gasteiger partial charge in [0, 0.05) is 24.9 Å². The van der Waals surface area contributed by atoms with Crippen molar-refractivity contribution < 1.29 is 23.9 Å². The second kappa shape index (κ2) is 5.68. The van der Waals surface area contributed by atoms with Gasteiger partial charge in [-0.05, 0) is 18.9 Å². The smallest absolute Gasteiger partial charge is 0.339 e. The van der Waals surface area contributed by atoms with Crippen LogP contribution in [0.1, 0.15) is 41.6 Å². The highest BCUT2D eigenvalue weighted by atomic mass is 16.6. The van der Waals surface area contributed by atoms with Gasteiger partial charge in [-0.3, -0.25) is 19.3 Å². The molecular weight excluding hydrogens is 324 g/mol. The van der Waals surface area contributed by atoms with Crippen molar-refractivity contribution in [3.05, 3.63) is 35.4 Å². The minimum absolute atomic E-state index is 0.168. The Morgan fingerprint density at radius 2 is 1.84 bits per heavy atom. The topological polar surface area (TPSA) is 84.0 Å². The minimum Gasteiger partial charge on any atom is -0.449 e. The van der Waals surface area contributed by atoms with Crippen LogP contribution >= 0.6 is 0 Å². The third kappa shape index (κ3) is 2.50. The number of likely N-dealkylation sites (tertiary alicyclic amines) is 2. The number of hydrogen-bond donors (Lipinski definition) is 0. The lowest BCUT2D eigenvalue weighted by molar-refractivity contribution is -0.148. The summed E-state index contributed by atoms with van der Waals surface area (Å²) in [6.45, 7) is 0.546. The Morgan fingerprint density at radius 3 is 2.60 bits per heavy atom. The molecule has 1 aromatic rings. The SMILES string of the molecule is O=C1O[C@]2(CCCN(C(=O)CN3C(=O)CCC3=O)C2)c2ccccc21. The summed E-state index contributed by atoms with van der Waals surface area (Å²) < 4.78 is 5.67. The maximum absolute atomic E-state index is 12.6. The van der Waals surface area contributed by atoms with Gasteiger partial charge in [-0.25, -0.2) is 4.79 Å². The Bertz CT molecular complexity index is 773. The summed E-state index contributed by atoms with van der Waals surface area (Å²) in [5, 5.41) is 0. The maximum Gasteiger partial charge on any atom is 0.339 e. The van der Waals surface area contributed by atoms with E-state index in [4.69, 9.17) is 4.74 Å². The molecule has 2 fully saturated rings. The Labute approximate surface area is 144 Å². The number of piperidine rings is 1. The van der Waals surface area contributed by atoms with E-state index in [1.807, 2.05) is 12.1 Å². The molecule has 0 N–H and O–H groups in total. The number of ether oxygens (including phenoxy) is 1. The van der Waals surface area contributed by atoms with Gasteiger partial charge in [0.2, 0.25) is 17.7 Å². The van der Waals surface area contributed by atoms with Gasteiger partial charge < -0.3 is 9.64 Å². The van der Waals surface area contributed by atoms with Crippen LogP contribution in [0.25, 0.3) is 0 Å². The third-order valence-corrected chi connectivity index (χ3v) is 5.18. The molecule has 0 aromatic heterocycles. The molecule has 1 aromatic carbocycles. The van der Waals surface area contributed by atoms with Crippen LogP contribution in [0.2, 0.25) is 0 Å². The van der Waals surface area contributed by atoms with Crippen LogP contribution in [0, 0.1) is 0 Å². The molecule has 7 heteroatoms. The van der Waals surface area contributed by atoms with Gasteiger partial charge in [-0.2, -0.15) is 0 Å². The standard InChI is InChI=1S/C18H18N2O5/c21-14-6-7-15(22)20(14)10-16(23)19-9-3-8-18(11-19)13-5-2-1-4-12(13)17(24)25-18/h1-2,4-5H,3,6-11H2/t18-/m0/s1. The number of imide groups is 1. The van der Waals surface area contributed by atoms with Crippen molar-refractivity contribution in [3.63, 3.8) is 0 Å². The summed E-state index contributed by atoms with van der Waals surface area (Å²) in [7, 11) is 0. The first kappa shape index (κ1) is 15.8. The molecule has 3 amide bonds. The molecule has 2 saturated heterocycles. The fourth-order valence-corrected chi connectivity index (χ4v) is 3.92. The number of hydrogen-bond acceptors (Lipinski definition) is 5. The lowest BCUT2D eigenvalue weighted by Gasteiger charge is -2.40. The van der Waals surface area contributed by atoms with Gasteiger partial charge in [0.1, 0.15) is 6.54 Å². The predicted octanol–water partition coefficient (Wildman–Crippen LogP) is 0.824. The molecule has 7 nitrogen and oxygen atoms in total. The van der Waals surface area contributed by atoms with Crippen molar-refractivity contribution in [2.75, 3.05) is 19.6 Å². The highest BCUT2D eigenvalue weighted by Gasteiger charge is 2.49. The quantitative estimate of drug-likeness (QED) is 0.587. The number of fused-ring (bicyclic) bond motifs is 2. The van der Waals surface area contributed by atoms with Crippen LogP contribution in [0.4, 0.5) is 0 Å². The molecular formula is C18H18N2O5. The molecule has 0 aliphatic carbocycles. The number of esters is 1. The first-order valence-corrected chi connectivity index (χ1v) is 8.44. The molecule has 0 unspecified atom stereocenters. The van der Waals surface area contributed by atoms with Crippen molar-refractivity contribution in [3.8, 4) is 0 Å². The van der Waals surface area contributed by atoms with Gasteiger partial charge in [-0.15, -0.1) is 0 Å². The monoisotopic (exact) mass is 342 g/mol. The molecule has 130 valence electrons. The van der Waals surface area contributed by atoms with E-state index >= 15 is 0 Å². The molecule has 4 rings (SSSR count). The zero-order valence-corrected chi connectivity index (χ0v) is 13.7. The zero-order chi connectivity index (χ0) is 17.6. The number of rotatable bonds is 2. The third-order valence-electron chi connectivity index (χ3n) is 5.18. The zero-order valence-electron chi connectivity index (χ0n) is 13.7. The van der Waals surface area contributed by atoms with Gasteiger partial charge in [-0.1, -0.05) is 18.2 Å². The fourth-order valence-electron chi connectivity index (χ4n) is 3.92. The Balaban J connectivity index is 1.54. The number of carbonyl (C=O) groups excluding carboxylic acids is 4. The van der Waals surface area contributed by atoms with Crippen LogP contribution in [-0.2, 0) is 24.7 Å². The minimum atomic E-state index is -0.819. The van der Waals surface area contributed by atoms with Crippen LogP contribution in [0.15, 0.2) is 24.3 Å². The number of nitrogens with zero attached hydrogens (tertiary/aromatic N) is 2. The molecule has 0 saturated carbocycles. The molecule has 1 atom stereocenters. The number of amides is 3. The van der Waals surface area contributed by atoms with Crippen molar-refractivity contribution in [2.45, 2.75) is 31.3 Å². The first-order chi connectivity index (χ1) is 12.0. The lowest BCUT2D eigenvalue weighted by Crippen LogP contribution is -2.51. The van der Waals surface area contributed by atoms with Gasteiger partial charge in [0.25, 0.3) is 0 Å².